The molecule has 6 nitrogen and oxygen atoms in total. The highest BCUT2D eigenvalue weighted by atomic mass is 16.5. The van der Waals surface area contributed by atoms with Gasteiger partial charge in [-0.25, -0.2) is 4.79 Å². The molecule has 1 atom stereocenters. The largest absolute Gasteiger partial charge is 0.502 e. The summed E-state index contributed by atoms with van der Waals surface area (Å²) in [6, 6.07) is -0.584. The van der Waals surface area contributed by atoms with E-state index in [2.05, 4.69) is 4.74 Å². The van der Waals surface area contributed by atoms with Crippen molar-refractivity contribution < 1.29 is 24.2 Å². The van der Waals surface area contributed by atoms with Crippen LogP contribution in [0.25, 0.3) is 0 Å². The van der Waals surface area contributed by atoms with Crippen LogP contribution in [0.5, 0.6) is 0 Å². The van der Waals surface area contributed by atoms with E-state index in [0.717, 1.165) is 12.5 Å². The molecule has 0 spiro atoms. The van der Waals surface area contributed by atoms with Crippen LogP contribution < -0.4 is 0 Å². The monoisotopic (exact) mass is 255 g/mol. The first-order valence-electron chi connectivity index (χ1n) is 5.86. The van der Waals surface area contributed by atoms with Gasteiger partial charge in [0.25, 0.3) is 0 Å². The van der Waals surface area contributed by atoms with E-state index in [4.69, 9.17) is 0 Å². The summed E-state index contributed by atoms with van der Waals surface area (Å²) in [6.07, 6.45) is 2.12. The molecular formula is C12H17NO5. The number of nitrogens with zero attached hydrogens (tertiary/aromatic N) is 1. The third-order valence-corrected chi connectivity index (χ3v) is 2.75. The fraction of sp³-hybridized carbons (Fsp3) is 0.583. The number of ketones is 1. The first kappa shape index (κ1) is 14.2. The van der Waals surface area contributed by atoms with Gasteiger partial charge in [-0.1, -0.05) is 0 Å². The summed E-state index contributed by atoms with van der Waals surface area (Å²) in [7, 11) is 0. The van der Waals surface area contributed by atoms with E-state index in [1.165, 1.54) is 11.8 Å². The summed E-state index contributed by atoms with van der Waals surface area (Å²) in [4.78, 5) is 35.7. The summed E-state index contributed by atoms with van der Waals surface area (Å²) in [5.41, 5.74) is 0. The number of rotatable bonds is 4. The second-order valence-corrected chi connectivity index (χ2v) is 4.02. The summed E-state index contributed by atoms with van der Waals surface area (Å²) in [5, 5.41) is 9.37. The van der Waals surface area contributed by atoms with Crippen molar-refractivity contribution in [3.05, 3.63) is 11.8 Å². The minimum atomic E-state index is -0.932. The first-order valence-corrected chi connectivity index (χ1v) is 5.86. The van der Waals surface area contributed by atoms with Crippen molar-refractivity contribution in [2.75, 3.05) is 13.2 Å². The normalized spacial score (nSPS) is 19.8. The standard InChI is InChI=1S/C12H17NO5/c1-3-18-12(17)11(16)7-10(15)9-5-4-6-13(9)8(2)14/h7,9,16H,3-6H2,1-2H3/b11-7-. The molecule has 1 saturated heterocycles. The topological polar surface area (TPSA) is 83.9 Å². The summed E-state index contributed by atoms with van der Waals surface area (Å²) >= 11 is 0. The number of hydrogen-bond donors (Lipinski definition) is 1. The Morgan fingerprint density at radius 3 is 2.67 bits per heavy atom. The van der Waals surface area contributed by atoms with E-state index in [1.807, 2.05) is 0 Å². The van der Waals surface area contributed by atoms with Crippen molar-refractivity contribution in [3.63, 3.8) is 0 Å². The molecule has 1 aliphatic rings. The predicted octanol–water partition coefficient (Wildman–Crippen LogP) is 0.571. The Morgan fingerprint density at radius 2 is 2.11 bits per heavy atom. The molecule has 1 heterocycles. The summed E-state index contributed by atoms with van der Waals surface area (Å²) in [5.74, 6) is -2.29. The third-order valence-electron chi connectivity index (χ3n) is 2.75. The molecule has 0 aromatic rings. The van der Waals surface area contributed by atoms with Gasteiger partial charge in [-0.2, -0.15) is 0 Å². The van der Waals surface area contributed by atoms with Crippen molar-refractivity contribution in [3.8, 4) is 0 Å². The lowest BCUT2D eigenvalue weighted by molar-refractivity contribution is -0.141. The lowest BCUT2D eigenvalue weighted by atomic mass is 10.1. The van der Waals surface area contributed by atoms with Crippen LogP contribution in [-0.4, -0.2) is 46.9 Å². The van der Waals surface area contributed by atoms with Gasteiger partial charge in [0, 0.05) is 19.5 Å². The van der Waals surface area contributed by atoms with E-state index in [9.17, 15) is 19.5 Å². The smallest absolute Gasteiger partial charge is 0.373 e. The zero-order chi connectivity index (χ0) is 13.7. The number of aliphatic hydroxyl groups excluding tert-OH is 1. The quantitative estimate of drug-likeness (QED) is 0.451. The Labute approximate surface area is 105 Å². The molecule has 0 aliphatic carbocycles. The van der Waals surface area contributed by atoms with Crippen LogP contribution in [0.3, 0.4) is 0 Å². The Hall–Kier alpha value is -1.85. The van der Waals surface area contributed by atoms with Gasteiger partial charge in [0.05, 0.1) is 12.6 Å². The Kier molecular flexibility index (Phi) is 4.88. The van der Waals surface area contributed by atoms with Gasteiger partial charge in [0.1, 0.15) is 0 Å². The average molecular weight is 255 g/mol. The molecule has 0 saturated carbocycles. The van der Waals surface area contributed by atoms with E-state index < -0.39 is 23.6 Å². The number of amides is 1. The number of aliphatic hydroxyl groups is 1. The molecule has 1 fully saturated rings. The zero-order valence-corrected chi connectivity index (χ0v) is 10.5. The Balaban J connectivity index is 2.72. The maximum atomic E-state index is 11.8. The summed E-state index contributed by atoms with van der Waals surface area (Å²) in [6.45, 7) is 3.63. The van der Waals surface area contributed by atoms with Crippen LogP contribution in [0, 0.1) is 0 Å². The maximum Gasteiger partial charge on any atom is 0.373 e. The molecule has 1 rings (SSSR count). The molecule has 100 valence electrons. The van der Waals surface area contributed by atoms with Crippen LogP contribution in [-0.2, 0) is 19.1 Å². The van der Waals surface area contributed by atoms with Gasteiger partial charge in [-0.05, 0) is 19.8 Å². The van der Waals surface area contributed by atoms with Crippen LogP contribution in [0.1, 0.15) is 26.7 Å². The van der Waals surface area contributed by atoms with Crippen molar-refractivity contribution in [1.29, 1.82) is 0 Å². The van der Waals surface area contributed by atoms with Crippen molar-refractivity contribution >= 4 is 17.7 Å². The second kappa shape index (κ2) is 6.18. The van der Waals surface area contributed by atoms with Crippen LogP contribution in [0.4, 0.5) is 0 Å². The van der Waals surface area contributed by atoms with Gasteiger partial charge < -0.3 is 14.7 Å². The molecule has 1 amide bonds. The van der Waals surface area contributed by atoms with Crippen LogP contribution in [0.15, 0.2) is 11.8 Å². The lowest BCUT2D eigenvalue weighted by Crippen LogP contribution is -2.38. The van der Waals surface area contributed by atoms with Crippen LogP contribution in [0.2, 0.25) is 0 Å². The minimum absolute atomic E-state index is 0.119. The molecule has 1 unspecified atom stereocenters. The second-order valence-electron chi connectivity index (χ2n) is 4.02. The Morgan fingerprint density at radius 1 is 1.44 bits per heavy atom. The van der Waals surface area contributed by atoms with E-state index in [0.29, 0.717) is 13.0 Å². The molecule has 0 aromatic carbocycles. The number of esters is 1. The highest BCUT2D eigenvalue weighted by molar-refractivity contribution is 6.02. The molecule has 6 heteroatoms. The molecular weight excluding hydrogens is 238 g/mol. The lowest BCUT2D eigenvalue weighted by Gasteiger charge is -2.20. The molecule has 0 aromatic heterocycles. The molecule has 18 heavy (non-hydrogen) atoms. The number of ether oxygens (including phenoxy) is 1. The molecule has 0 bridgehead atoms. The van der Waals surface area contributed by atoms with Gasteiger partial charge >= 0.3 is 5.97 Å². The highest BCUT2D eigenvalue weighted by Gasteiger charge is 2.31. The predicted molar refractivity (Wildman–Crippen MR) is 62.8 cm³/mol. The number of carbonyl (C=O) groups is 3. The van der Waals surface area contributed by atoms with Gasteiger partial charge in [0.2, 0.25) is 11.7 Å². The molecule has 1 aliphatic heterocycles. The van der Waals surface area contributed by atoms with Crippen molar-refractivity contribution in [1.82, 2.24) is 4.90 Å². The molecule has 1 N–H and O–H groups in total. The zero-order valence-electron chi connectivity index (χ0n) is 10.5. The summed E-state index contributed by atoms with van der Waals surface area (Å²) < 4.78 is 4.55. The fourth-order valence-electron chi connectivity index (χ4n) is 1.93. The fourth-order valence-corrected chi connectivity index (χ4v) is 1.93. The van der Waals surface area contributed by atoms with E-state index >= 15 is 0 Å². The third kappa shape index (κ3) is 3.32. The first-order chi connectivity index (χ1) is 8.47. The minimum Gasteiger partial charge on any atom is -0.502 e. The maximum absolute atomic E-state index is 11.8. The van der Waals surface area contributed by atoms with Crippen LogP contribution >= 0.6 is 0 Å². The van der Waals surface area contributed by atoms with Gasteiger partial charge in [0.15, 0.2) is 5.78 Å². The van der Waals surface area contributed by atoms with Crippen molar-refractivity contribution in [2.45, 2.75) is 32.7 Å². The number of likely N-dealkylation sites (tertiary alicyclic amines) is 1. The van der Waals surface area contributed by atoms with Gasteiger partial charge in [-0.15, -0.1) is 0 Å². The van der Waals surface area contributed by atoms with E-state index in [-0.39, 0.29) is 12.5 Å². The SMILES string of the molecule is CCOC(=O)/C(O)=C/C(=O)C1CCCN1C(C)=O. The van der Waals surface area contributed by atoms with Gasteiger partial charge in [-0.3, -0.25) is 9.59 Å². The van der Waals surface area contributed by atoms with E-state index in [1.54, 1.807) is 6.92 Å². The Bertz CT molecular complexity index is 388. The number of hydrogen-bond acceptors (Lipinski definition) is 5. The number of carbonyl (C=O) groups excluding carboxylic acids is 3. The molecule has 0 radical (unpaired) electrons. The highest BCUT2D eigenvalue weighted by Crippen LogP contribution is 2.18. The average Bonchev–Trinajstić information content (AvgIpc) is 2.78. The van der Waals surface area contributed by atoms with Crippen molar-refractivity contribution in [2.24, 2.45) is 0 Å².